The lowest BCUT2D eigenvalue weighted by Crippen LogP contribution is -2.56. The molecular formula is C19H33N7O5. The predicted octanol–water partition coefficient (Wildman–Crippen LogP) is -2.14. The molecule has 2 heterocycles. The molecule has 8 N–H and O–H groups in total. The number of aliphatic imine (C=N–C) groups is 1. The minimum Gasteiger partial charge on any atom is -0.480 e. The monoisotopic (exact) mass is 439 g/mol. The van der Waals surface area contributed by atoms with Gasteiger partial charge >= 0.3 is 5.97 Å². The molecule has 0 spiro atoms. The van der Waals surface area contributed by atoms with Crippen molar-refractivity contribution in [3.8, 4) is 0 Å². The Bertz CT molecular complexity index is 704. The number of nitrogens with zero attached hydrogens (tertiary/aromatic N) is 2. The summed E-state index contributed by atoms with van der Waals surface area (Å²) >= 11 is 0. The van der Waals surface area contributed by atoms with Gasteiger partial charge in [0, 0.05) is 13.1 Å². The molecule has 174 valence electrons. The van der Waals surface area contributed by atoms with Crippen molar-refractivity contribution in [3.05, 3.63) is 0 Å². The number of likely N-dealkylation sites (tertiary alicyclic amines) is 1. The lowest BCUT2D eigenvalue weighted by Gasteiger charge is -2.27. The van der Waals surface area contributed by atoms with Crippen molar-refractivity contribution < 1.29 is 24.3 Å². The van der Waals surface area contributed by atoms with Gasteiger partial charge in [-0.1, -0.05) is 0 Å². The van der Waals surface area contributed by atoms with E-state index in [9.17, 15) is 24.3 Å². The van der Waals surface area contributed by atoms with Gasteiger partial charge in [0.25, 0.3) is 0 Å². The summed E-state index contributed by atoms with van der Waals surface area (Å²) < 4.78 is 0. The van der Waals surface area contributed by atoms with Crippen LogP contribution in [0.15, 0.2) is 4.99 Å². The van der Waals surface area contributed by atoms with Crippen molar-refractivity contribution in [2.75, 3.05) is 19.6 Å². The number of aliphatic carboxylic acids is 1. The lowest BCUT2D eigenvalue weighted by atomic mass is 10.1. The van der Waals surface area contributed by atoms with E-state index in [0.717, 1.165) is 13.0 Å². The molecule has 0 saturated carbocycles. The highest BCUT2D eigenvalue weighted by atomic mass is 16.4. The van der Waals surface area contributed by atoms with Crippen molar-refractivity contribution in [2.45, 2.75) is 69.6 Å². The molecule has 0 radical (unpaired) electrons. The van der Waals surface area contributed by atoms with E-state index in [0.29, 0.717) is 38.8 Å². The first-order valence-corrected chi connectivity index (χ1v) is 10.6. The van der Waals surface area contributed by atoms with Gasteiger partial charge < -0.3 is 37.4 Å². The fraction of sp³-hybridized carbons (Fsp3) is 0.737. The average molecular weight is 440 g/mol. The van der Waals surface area contributed by atoms with Crippen LogP contribution in [0.25, 0.3) is 0 Å². The molecule has 4 atom stereocenters. The van der Waals surface area contributed by atoms with Crippen LogP contribution in [-0.4, -0.2) is 83.5 Å². The van der Waals surface area contributed by atoms with Crippen LogP contribution in [0.5, 0.6) is 0 Å². The van der Waals surface area contributed by atoms with Crippen molar-refractivity contribution >= 4 is 29.7 Å². The summed E-state index contributed by atoms with van der Waals surface area (Å²) in [4.78, 5) is 54.5. The smallest absolute Gasteiger partial charge is 0.326 e. The maximum atomic E-state index is 12.8. The first kappa shape index (κ1) is 24.4. The third-order valence-corrected chi connectivity index (χ3v) is 5.51. The lowest BCUT2D eigenvalue weighted by molar-refractivity contribution is -0.149. The topological polar surface area (TPSA) is 192 Å². The van der Waals surface area contributed by atoms with E-state index in [-0.39, 0.29) is 24.3 Å². The summed E-state index contributed by atoms with van der Waals surface area (Å²) in [6.45, 7) is 2.88. The molecule has 2 aliphatic rings. The zero-order valence-corrected chi connectivity index (χ0v) is 17.8. The summed E-state index contributed by atoms with van der Waals surface area (Å²) in [7, 11) is 0. The van der Waals surface area contributed by atoms with Crippen LogP contribution in [0, 0.1) is 0 Å². The zero-order valence-electron chi connectivity index (χ0n) is 17.8. The Labute approximate surface area is 181 Å². The quantitative estimate of drug-likeness (QED) is 0.126. The number of carboxylic acids is 1. The van der Waals surface area contributed by atoms with Gasteiger partial charge in [-0.05, 0) is 52.0 Å². The molecule has 12 heteroatoms. The van der Waals surface area contributed by atoms with Crippen molar-refractivity contribution in [1.82, 2.24) is 20.9 Å². The molecule has 2 aliphatic heterocycles. The van der Waals surface area contributed by atoms with Crippen LogP contribution < -0.4 is 27.4 Å². The maximum absolute atomic E-state index is 12.8. The van der Waals surface area contributed by atoms with E-state index in [1.807, 2.05) is 0 Å². The van der Waals surface area contributed by atoms with Gasteiger partial charge in [-0.3, -0.25) is 19.4 Å². The number of guanidine groups is 1. The van der Waals surface area contributed by atoms with Gasteiger partial charge in [-0.25, -0.2) is 4.79 Å². The Balaban J connectivity index is 1.98. The molecule has 2 rings (SSSR count). The molecular weight excluding hydrogens is 406 g/mol. The molecule has 2 fully saturated rings. The highest BCUT2D eigenvalue weighted by Gasteiger charge is 2.37. The van der Waals surface area contributed by atoms with Crippen LogP contribution in [0.1, 0.15) is 45.4 Å². The van der Waals surface area contributed by atoms with Crippen molar-refractivity contribution in [2.24, 2.45) is 16.5 Å². The summed E-state index contributed by atoms with van der Waals surface area (Å²) in [6.07, 6.45) is 3.29. The Hall–Kier alpha value is -2.89. The molecule has 0 aromatic rings. The summed E-state index contributed by atoms with van der Waals surface area (Å²) in [5.74, 6) is -2.36. The van der Waals surface area contributed by atoms with Crippen LogP contribution >= 0.6 is 0 Å². The fourth-order valence-electron chi connectivity index (χ4n) is 3.86. The van der Waals surface area contributed by atoms with Gasteiger partial charge in [0.05, 0.1) is 6.04 Å². The van der Waals surface area contributed by atoms with E-state index in [2.05, 4.69) is 20.9 Å². The number of carboxylic acid groups (broad SMARTS) is 1. The molecule has 0 aliphatic carbocycles. The summed E-state index contributed by atoms with van der Waals surface area (Å²) in [5, 5.41) is 17.7. The van der Waals surface area contributed by atoms with Gasteiger partial charge in [0.1, 0.15) is 18.1 Å². The van der Waals surface area contributed by atoms with Crippen LogP contribution in [-0.2, 0) is 19.2 Å². The maximum Gasteiger partial charge on any atom is 0.326 e. The Morgan fingerprint density at radius 2 is 1.94 bits per heavy atom. The molecule has 4 unspecified atom stereocenters. The number of hydrogen-bond donors (Lipinski definition) is 6. The van der Waals surface area contributed by atoms with Gasteiger partial charge in [0.15, 0.2) is 5.96 Å². The number of carbonyl (C=O) groups excluding carboxylic acids is 3. The Morgan fingerprint density at radius 3 is 2.55 bits per heavy atom. The number of carbonyl (C=O) groups is 4. The molecule has 0 aromatic carbocycles. The van der Waals surface area contributed by atoms with Crippen LogP contribution in [0.4, 0.5) is 0 Å². The average Bonchev–Trinajstić information content (AvgIpc) is 3.41. The summed E-state index contributed by atoms with van der Waals surface area (Å²) in [5.41, 5.74) is 10.6. The highest BCUT2D eigenvalue weighted by molar-refractivity contribution is 5.94. The SMILES string of the molecule is CC(NC(=O)C(CCCN=C(N)N)NC(=O)C1CCCN1)C(=O)N1CCCC1C(=O)O. The zero-order chi connectivity index (χ0) is 23.0. The fourth-order valence-corrected chi connectivity index (χ4v) is 3.86. The predicted molar refractivity (Wildman–Crippen MR) is 113 cm³/mol. The second-order valence-corrected chi connectivity index (χ2v) is 7.92. The second-order valence-electron chi connectivity index (χ2n) is 7.92. The van der Waals surface area contributed by atoms with Gasteiger partial charge in [0.2, 0.25) is 17.7 Å². The van der Waals surface area contributed by atoms with E-state index in [1.165, 1.54) is 11.8 Å². The number of hydrogen-bond acceptors (Lipinski definition) is 6. The number of rotatable bonds is 10. The summed E-state index contributed by atoms with van der Waals surface area (Å²) in [6, 6.07) is -3.02. The third-order valence-electron chi connectivity index (χ3n) is 5.51. The van der Waals surface area contributed by atoms with Crippen LogP contribution in [0.2, 0.25) is 0 Å². The van der Waals surface area contributed by atoms with Gasteiger partial charge in [-0.2, -0.15) is 0 Å². The van der Waals surface area contributed by atoms with Crippen molar-refractivity contribution in [1.29, 1.82) is 0 Å². The van der Waals surface area contributed by atoms with E-state index < -0.39 is 35.9 Å². The standard InChI is InChI=1S/C19H33N7O5/c1-11(17(29)26-10-4-7-14(26)18(30)31)24-16(28)13(6-3-9-23-19(20)21)25-15(27)12-5-2-8-22-12/h11-14,22H,2-10H2,1H3,(H,24,28)(H,25,27)(H,30,31)(H4,20,21,23). The third kappa shape index (κ3) is 7.09. The molecule has 0 aromatic heterocycles. The molecule has 31 heavy (non-hydrogen) atoms. The largest absolute Gasteiger partial charge is 0.480 e. The Morgan fingerprint density at radius 1 is 1.19 bits per heavy atom. The molecule has 2 saturated heterocycles. The molecule has 0 bridgehead atoms. The Kier molecular flexibility index (Phi) is 9.03. The first-order valence-electron chi connectivity index (χ1n) is 10.6. The van der Waals surface area contributed by atoms with E-state index >= 15 is 0 Å². The number of amides is 3. The second kappa shape index (κ2) is 11.5. The normalized spacial score (nSPS) is 22.4. The first-order chi connectivity index (χ1) is 14.7. The molecule has 12 nitrogen and oxygen atoms in total. The van der Waals surface area contributed by atoms with Crippen LogP contribution in [0.3, 0.4) is 0 Å². The van der Waals surface area contributed by atoms with E-state index in [4.69, 9.17) is 11.5 Å². The highest BCUT2D eigenvalue weighted by Crippen LogP contribution is 2.18. The van der Waals surface area contributed by atoms with E-state index in [1.54, 1.807) is 0 Å². The minimum atomic E-state index is -1.06. The minimum absolute atomic E-state index is 0.0574. The van der Waals surface area contributed by atoms with Crippen molar-refractivity contribution in [3.63, 3.8) is 0 Å². The van der Waals surface area contributed by atoms with Gasteiger partial charge in [-0.15, -0.1) is 0 Å². The number of nitrogens with two attached hydrogens (primary N) is 2. The molecule has 3 amide bonds. The number of nitrogens with one attached hydrogen (secondary N) is 3.